The first-order chi connectivity index (χ1) is 10.7. The molecular weight excluding hydrogens is 300 g/mol. The summed E-state index contributed by atoms with van der Waals surface area (Å²) in [6.07, 6.45) is 3.94. The molecule has 0 radical (unpaired) electrons. The molecule has 0 unspecified atom stereocenters. The normalized spacial score (nSPS) is 39.9. The molecule has 1 aliphatic heterocycles. The molecule has 136 valence electrons. The number of amides is 1. The zero-order chi connectivity index (χ0) is 18.2. The van der Waals surface area contributed by atoms with Crippen LogP contribution in [-0.4, -0.2) is 28.8 Å². The van der Waals surface area contributed by atoms with Gasteiger partial charge in [0.15, 0.2) is 0 Å². The van der Waals surface area contributed by atoms with Crippen molar-refractivity contribution in [2.75, 3.05) is 0 Å². The number of piperidine rings is 1. The van der Waals surface area contributed by atoms with E-state index in [0.717, 1.165) is 25.7 Å². The first-order valence-corrected chi connectivity index (χ1v) is 9.38. The fraction of sp³-hybridized carbons (Fsp3) is 0.900. The maximum Gasteiger partial charge on any atom is 0.227 e. The number of ketones is 1. The van der Waals surface area contributed by atoms with Crippen LogP contribution in [0.2, 0.25) is 0 Å². The Kier molecular flexibility index (Phi) is 3.61. The van der Waals surface area contributed by atoms with Gasteiger partial charge >= 0.3 is 0 Å². The standard InChI is InChI=1S/C20H34N2O2/c1-16(2)10-13(11-17(3,4)22-16)21-15(24)20-9-8-19(7,14(23)12-20)18(20,5)6/h13,22H,8-12H2,1-7H3,(H,21,24)/t19-,20+/m0/s1. The summed E-state index contributed by atoms with van der Waals surface area (Å²) in [6, 6.07) is 0.163. The van der Waals surface area contributed by atoms with Gasteiger partial charge in [0.1, 0.15) is 5.78 Å². The number of hydrogen-bond acceptors (Lipinski definition) is 3. The minimum absolute atomic E-state index is 0.00255. The van der Waals surface area contributed by atoms with Crippen LogP contribution in [0.1, 0.15) is 80.6 Å². The number of carbonyl (C=O) groups is 2. The van der Waals surface area contributed by atoms with Crippen molar-refractivity contribution in [3.8, 4) is 0 Å². The Morgan fingerprint density at radius 2 is 1.54 bits per heavy atom. The monoisotopic (exact) mass is 334 g/mol. The van der Waals surface area contributed by atoms with Crippen molar-refractivity contribution in [1.29, 1.82) is 0 Å². The molecule has 1 heterocycles. The maximum absolute atomic E-state index is 13.3. The van der Waals surface area contributed by atoms with E-state index >= 15 is 0 Å². The molecule has 2 N–H and O–H groups in total. The second-order valence-electron chi connectivity index (χ2n) is 10.6. The van der Waals surface area contributed by atoms with Gasteiger partial charge in [0.25, 0.3) is 0 Å². The summed E-state index contributed by atoms with van der Waals surface area (Å²) in [6.45, 7) is 15.1. The Hall–Kier alpha value is -0.900. The SMILES string of the molecule is CC1(C)CC(NC(=O)[C@@]23CC[C@@](C)(C(=O)C2)C3(C)C)CC(C)(C)N1. The van der Waals surface area contributed by atoms with Crippen LogP contribution in [0.25, 0.3) is 0 Å². The van der Waals surface area contributed by atoms with Crippen molar-refractivity contribution in [2.45, 2.75) is 97.7 Å². The number of Topliss-reactive ketones (excluding diaryl/α,β-unsaturated/α-hetero) is 1. The van der Waals surface area contributed by atoms with E-state index in [1.54, 1.807) is 0 Å². The van der Waals surface area contributed by atoms with E-state index in [2.05, 4.69) is 59.1 Å². The zero-order valence-electron chi connectivity index (χ0n) is 16.4. The van der Waals surface area contributed by atoms with Crippen molar-refractivity contribution in [1.82, 2.24) is 10.6 Å². The molecule has 24 heavy (non-hydrogen) atoms. The van der Waals surface area contributed by atoms with Gasteiger partial charge in [-0.2, -0.15) is 0 Å². The Bertz CT molecular complexity index is 576. The highest BCUT2D eigenvalue weighted by Gasteiger charge is 2.72. The molecular formula is C20H34N2O2. The van der Waals surface area contributed by atoms with E-state index < -0.39 is 5.41 Å². The van der Waals surface area contributed by atoms with Gasteiger partial charge in [0.2, 0.25) is 5.91 Å². The lowest BCUT2D eigenvalue weighted by atomic mass is 9.64. The molecule has 0 aromatic carbocycles. The molecule has 4 heteroatoms. The Labute approximate surface area is 146 Å². The van der Waals surface area contributed by atoms with Gasteiger partial charge in [-0.1, -0.05) is 20.8 Å². The van der Waals surface area contributed by atoms with E-state index in [1.807, 2.05) is 0 Å². The van der Waals surface area contributed by atoms with Crippen LogP contribution < -0.4 is 10.6 Å². The van der Waals surface area contributed by atoms with Crippen LogP contribution in [-0.2, 0) is 9.59 Å². The Balaban J connectivity index is 1.82. The third kappa shape index (κ3) is 2.28. The highest BCUT2D eigenvalue weighted by molar-refractivity contribution is 5.99. The van der Waals surface area contributed by atoms with Gasteiger partial charge in [-0.3, -0.25) is 9.59 Å². The van der Waals surface area contributed by atoms with Gasteiger partial charge in [-0.25, -0.2) is 0 Å². The molecule has 2 saturated carbocycles. The average Bonchev–Trinajstić information content (AvgIpc) is 2.65. The lowest BCUT2D eigenvalue weighted by Crippen LogP contribution is -2.63. The molecule has 1 saturated heterocycles. The summed E-state index contributed by atoms with van der Waals surface area (Å²) in [4.78, 5) is 25.9. The Morgan fingerprint density at radius 3 is 1.96 bits per heavy atom. The van der Waals surface area contributed by atoms with E-state index in [9.17, 15) is 9.59 Å². The number of rotatable bonds is 2. The molecule has 0 spiro atoms. The lowest BCUT2D eigenvalue weighted by Gasteiger charge is -2.48. The average molecular weight is 335 g/mol. The number of carbonyl (C=O) groups excluding carboxylic acids is 2. The van der Waals surface area contributed by atoms with Gasteiger partial charge in [0, 0.05) is 29.0 Å². The van der Waals surface area contributed by atoms with Crippen molar-refractivity contribution in [2.24, 2.45) is 16.2 Å². The number of fused-ring (bicyclic) bond motifs is 2. The summed E-state index contributed by atoms with van der Waals surface area (Å²) >= 11 is 0. The second-order valence-corrected chi connectivity index (χ2v) is 10.6. The van der Waals surface area contributed by atoms with Crippen LogP contribution in [0.5, 0.6) is 0 Å². The van der Waals surface area contributed by atoms with E-state index in [4.69, 9.17) is 0 Å². The summed E-state index contributed by atoms with van der Waals surface area (Å²) in [5.74, 6) is 0.389. The molecule has 3 rings (SSSR count). The van der Waals surface area contributed by atoms with Crippen molar-refractivity contribution in [3.05, 3.63) is 0 Å². The van der Waals surface area contributed by atoms with Gasteiger partial charge in [-0.05, 0) is 58.8 Å². The van der Waals surface area contributed by atoms with E-state index in [0.29, 0.717) is 6.42 Å². The molecule has 3 aliphatic rings. The van der Waals surface area contributed by atoms with Gasteiger partial charge < -0.3 is 10.6 Å². The zero-order valence-corrected chi connectivity index (χ0v) is 16.4. The lowest BCUT2D eigenvalue weighted by molar-refractivity contribution is -0.138. The third-order valence-corrected chi connectivity index (χ3v) is 7.67. The first-order valence-electron chi connectivity index (χ1n) is 9.38. The molecule has 0 aromatic heterocycles. The van der Waals surface area contributed by atoms with E-state index in [-0.39, 0.29) is 39.6 Å². The molecule has 2 aliphatic carbocycles. The largest absolute Gasteiger partial charge is 0.353 e. The predicted octanol–water partition coefficient (Wildman–Crippen LogP) is 3.20. The number of hydrogen-bond donors (Lipinski definition) is 2. The maximum atomic E-state index is 13.3. The minimum Gasteiger partial charge on any atom is -0.353 e. The van der Waals surface area contributed by atoms with Crippen molar-refractivity contribution in [3.63, 3.8) is 0 Å². The molecule has 1 amide bonds. The number of nitrogens with one attached hydrogen (secondary N) is 2. The molecule has 3 fully saturated rings. The summed E-state index contributed by atoms with van der Waals surface area (Å²) in [5, 5.41) is 7.01. The van der Waals surface area contributed by atoms with Crippen LogP contribution in [0.3, 0.4) is 0 Å². The Morgan fingerprint density at radius 1 is 1.00 bits per heavy atom. The summed E-state index contributed by atoms with van der Waals surface area (Å²) in [7, 11) is 0. The smallest absolute Gasteiger partial charge is 0.227 e. The van der Waals surface area contributed by atoms with Crippen LogP contribution in [0, 0.1) is 16.2 Å². The summed E-state index contributed by atoms with van der Waals surface area (Å²) in [5.41, 5.74) is -1.11. The van der Waals surface area contributed by atoms with E-state index in [1.165, 1.54) is 0 Å². The first kappa shape index (κ1) is 17.9. The molecule has 2 atom stereocenters. The third-order valence-electron chi connectivity index (χ3n) is 7.67. The van der Waals surface area contributed by atoms with Crippen LogP contribution >= 0.6 is 0 Å². The molecule has 2 bridgehead atoms. The fourth-order valence-corrected chi connectivity index (χ4v) is 6.11. The quantitative estimate of drug-likeness (QED) is 0.815. The van der Waals surface area contributed by atoms with Crippen LogP contribution in [0.15, 0.2) is 0 Å². The second kappa shape index (κ2) is 4.84. The summed E-state index contributed by atoms with van der Waals surface area (Å²) < 4.78 is 0. The van der Waals surface area contributed by atoms with Crippen molar-refractivity contribution >= 4 is 11.7 Å². The molecule has 4 nitrogen and oxygen atoms in total. The topological polar surface area (TPSA) is 58.2 Å². The predicted molar refractivity (Wildman–Crippen MR) is 95.6 cm³/mol. The van der Waals surface area contributed by atoms with Crippen molar-refractivity contribution < 1.29 is 9.59 Å². The molecule has 0 aromatic rings. The van der Waals surface area contributed by atoms with Crippen LogP contribution in [0.4, 0.5) is 0 Å². The highest BCUT2D eigenvalue weighted by Crippen LogP contribution is 2.70. The highest BCUT2D eigenvalue weighted by atomic mass is 16.2. The minimum atomic E-state index is -0.516. The van der Waals surface area contributed by atoms with Gasteiger partial charge in [-0.15, -0.1) is 0 Å². The van der Waals surface area contributed by atoms with Gasteiger partial charge in [0.05, 0.1) is 5.41 Å². The fourth-order valence-electron chi connectivity index (χ4n) is 6.11.